The summed E-state index contributed by atoms with van der Waals surface area (Å²) in [7, 11) is 0. The molecule has 0 N–H and O–H groups in total. The van der Waals surface area contributed by atoms with Crippen LogP contribution in [0.1, 0.15) is 34.8 Å². The van der Waals surface area contributed by atoms with Crippen molar-refractivity contribution in [1.29, 1.82) is 0 Å². The molecule has 6 nitrogen and oxygen atoms in total. The highest BCUT2D eigenvalue weighted by molar-refractivity contribution is 5.95. The lowest BCUT2D eigenvalue weighted by atomic mass is 10.1. The van der Waals surface area contributed by atoms with E-state index in [1.807, 2.05) is 47.5 Å². The maximum atomic E-state index is 13.0. The second-order valence-electron chi connectivity index (χ2n) is 5.86. The smallest absolute Gasteiger partial charge is 0.254 e. The van der Waals surface area contributed by atoms with Crippen molar-refractivity contribution in [2.24, 2.45) is 0 Å². The minimum Gasteiger partial charge on any atom is -0.332 e. The van der Waals surface area contributed by atoms with Crippen molar-refractivity contribution < 1.29 is 4.79 Å². The van der Waals surface area contributed by atoms with Crippen LogP contribution in [0.5, 0.6) is 0 Å². The van der Waals surface area contributed by atoms with Crippen LogP contribution in [0.2, 0.25) is 0 Å². The Kier molecular flexibility index (Phi) is 3.78. The molecule has 4 rings (SSSR count). The fourth-order valence-electron chi connectivity index (χ4n) is 3.23. The molecule has 120 valence electrons. The van der Waals surface area contributed by atoms with Crippen molar-refractivity contribution in [3.63, 3.8) is 0 Å². The van der Waals surface area contributed by atoms with Gasteiger partial charge in [0.25, 0.3) is 5.91 Å². The third kappa shape index (κ3) is 2.67. The van der Waals surface area contributed by atoms with Gasteiger partial charge < -0.3 is 4.90 Å². The van der Waals surface area contributed by atoms with Crippen LogP contribution >= 0.6 is 0 Å². The monoisotopic (exact) mass is 319 g/mol. The number of hydrogen-bond acceptors (Lipinski definition) is 4. The lowest BCUT2D eigenvalue weighted by Gasteiger charge is -2.25. The van der Waals surface area contributed by atoms with E-state index in [-0.39, 0.29) is 11.9 Å². The van der Waals surface area contributed by atoms with Gasteiger partial charge in [-0.25, -0.2) is 0 Å². The van der Waals surface area contributed by atoms with Crippen molar-refractivity contribution in [2.75, 3.05) is 6.54 Å². The van der Waals surface area contributed by atoms with Gasteiger partial charge in [0.1, 0.15) is 12.7 Å². The van der Waals surface area contributed by atoms with Crippen LogP contribution in [0.4, 0.5) is 0 Å². The first-order valence-electron chi connectivity index (χ1n) is 7.99. The number of likely N-dealkylation sites (tertiary alicyclic amines) is 1. The lowest BCUT2D eigenvalue weighted by molar-refractivity contribution is 0.0735. The molecule has 1 fully saturated rings. The largest absolute Gasteiger partial charge is 0.332 e. The quantitative estimate of drug-likeness (QED) is 0.744. The number of nitrogens with zero attached hydrogens (tertiary/aromatic N) is 5. The molecule has 1 unspecified atom stereocenters. The number of carbonyl (C=O) groups excluding carboxylic acids is 1. The summed E-state index contributed by atoms with van der Waals surface area (Å²) in [6, 6.07) is 11.6. The summed E-state index contributed by atoms with van der Waals surface area (Å²) in [5.74, 6) is 0.0521. The predicted octanol–water partition coefficient (Wildman–Crippen LogP) is 2.64. The highest BCUT2D eigenvalue weighted by Gasteiger charge is 2.30. The molecule has 3 heterocycles. The zero-order valence-electron chi connectivity index (χ0n) is 13.1. The molecule has 1 amide bonds. The molecule has 1 aromatic carbocycles. The normalized spacial score (nSPS) is 17.2. The van der Waals surface area contributed by atoms with Crippen LogP contribution in [0.3, 0.4) is 0 Å². The van der Waals surface area contributed by atoms with Gasteiger partial charge >= 0.3 is 0 Å². The Morgan fingerprint density at radius 1 is 1.12 bits per heavy atom. The molecule has 3 aromatic rings. The summed E-state index contributed by atoms with van der Waals surface area (Å²) in [4.78, 5) is 19.2. The average molecular weight is 319 g/mol. The standard InChI is InChI=1S/C18H17N5O/c24-18(14-4-1-6-16(10-14)22-12-20-21-13-22)23-9-3-7-17(23)15-5-2-8-19-11-15/h1-2,4-6,8,10-13,17H,3,7,9H2. The van der Waals surface area contributed by atoms with Crippen LogP contribution in [-0.4, -0.2) is 37.1 Å². The van der Waals surface area contributed by atoms with Gasteiger partial charge in [-0.05, 0) is 42.7 Å². The SMILES string of the molecule is O=C(c1cccc(-n2cnnc2)c1)N1CCCC1c1cccnc1. The Bertz CT molecular complexity index is 832. The van der Waals surface area contributed by atoms with E-state index in [0.717, 1.165) is 30.6 Å². The van der Waals surface area contributed by atoms with Gasteiger partial charge in [-0.1, -0.05) is 12.1 Å². The van der Waals surface area contributed by atoms with Crippen LogP contribution in [0.25, 0.3) is 5.69 Å². The molecule has 0 radical (unpaired) electrons. The molecule has 0 aliphatic carbocycles. The number of hydrogen-bond donors (Lipinski definition) is 0. The zero-order chi connectivity index (χ0) is 16.4. The second-order valence-corrected chi connectivity index (χ2v) is 5.86. The highest BCUT2D eigenvalue weighted by atomic mass is 16.2. The minimum atomic E-state index is 0.0521. The van der Waals surface area contributed by atoms with Crippen LogP contribution < -0.4 is 0 Å². The van der Waals surface area contributed by atoms with Crippen molar-refractivity contribution in [3.05, 3.63) is 72.6 Å². The second kappa shape index (κ2) is 6.23. The van der Waals surface area contributed by atoms with Gasteiger partial charge in [0.05, 0.1) is 6.04 Å². The Labute approximate surface area is 139 Å². The highest BCUT2D eigenvalue weighted by Crippen LogP contribution is 2.32. The van der Waals surface area contributed by atoms with Gasteiger partial charge in [0.2, 0.25) is 0 Å². The molecule has 0 bridgehead atoms. The fraction of sp³-hybridized carbons (Fsp3) is 0.222. The first-order chi connectivity index (χ1) is 11.8. The first kappa shape index (κ1) is 14.6. The van der Waals surface area contributed by atoms with Crippen molar-refractivity contribution >= 4 is 5.91 Å². The molecular weight excluding hydrogens is 302 g/mol. The minimum absolute atomic E-state index is 0.0521. The molecule has 2 aromatic heterocycles. The van der Waals surface area contributed by atoms with Gasteiger partial charge in [0.15, 0.2) is 0 Å². The van der Waals surface area contributed by atoms with Crippen LogP contribution in [0, 0.1) is 0 Å². The number of pyridine rings is 1. The molecule has 1 aliphatic heterocycles. The van der Waals surface area contributed by atoms with Crippen LogP contribution in [0.15, 0.2) is 61.4 Å². The number of rotatable bonds is 3. The van der Waals surface area contributed by atoms with E-state index in [2.05, 4.69) is 15.2 Å². The first-order valence-corrected chi connectivity index (χ1v) is 7.99. The van der Waals surface area contributed by atoms with Crippen molar-refractivity contribution in [3.8, 4) is 5.69 Å². The Hall–Kier alpha value is -3.02. The number of benzene rings is 1. The molecule has 6 heteroatoms. The Morgan fingerprint density at radius 3 is 2.79 bits per heavy atom. The van der Waals surface area contributed by atoms with E-state index in [9.17, 15) is 4.79 Å². The maximum Gasteiger partial charge on any atom is 0.254 e. The molecule has 0 saturated carbocycles. The Morgan fingerprint density at radius 2 is 2.00 bits per heavy atom. The third-order valence-electron chi connectivity index (χ3n) is 4.39. The number of aromatic nitrogens is 4. The van der Waals surface area contributed by atoms with Gasteiger partial charge in [-0.2, -0.15) is 0 Å². The molecule has 1 aliphatic rings. The summed E-state index contributed by atoms with van der Waals surface area (Å²) in [5, 5.41) is 7.63. The molecule has 1 saturated heterocycles. The molecule has 0 spiro atoms. The predicted molar refractivity (Wildman–Crippen MR) is 88.6 cm³/mol. The fourth-order valence-corrected chi connectivity index (χ4v) is 3.23. The van der Waals surface area contributed by atoms with E-state index >= 15 is 0 Å². The van der Waals surface area contributed by atoms with Gasteiger partial charge in [-0.3, -0.25) is 14.3 Å². The zero-order valence-corrected chi connectivity index (χ0v) is 13.1. The number of carbonyl (C=O) groups is 1. The molecule has 1 atom stereocenters. The Balaban J connectivity index is 1.62. The van der Waals surface area contributed by atoms with E-state index in [1.54, 1.807) is 23.4 Å². The van der Waals surface area contributed by atoms with E-state index in [0.29, 0.717) is 5.56 Å². The number of amides is 1. The lowest BCUT2D eigenvalue weighted by Crippen LogP contribution is -2.30. The van der Waals surface area contributed by atoms with E-state index in [1.165, 1.54) is 0 Å². The van der Waals surface area contributed by atoms with Gasteiger partial charge in [-0.15, -0.1) is 10.2 Å². The van der Waals surface area contributed by atoms with Crippen molar-refractivity contribution in [1.82, 2.24) is 24.6 Å². The third-order valence-corrected chi connectivity index (χ3v) is 4.39. The van der Waals surface area contributed by atoms with E-state index < -0.39 is 0 Å². The summed E-state index contributed by atoms with van der Waals surface area (Å²) in [6.45, 7) is 0.773. The molecule has 24 heavy (non-hydrogen) atoms. The average Bonchev–Trinajstić information content (AvgIpc) is 3.34. The summed E-state index contributed by atoms with van der Waals surface area (Å²) in [6.07, 6.45) is 8.84. The van der Waals surface area contributed by atoms with E-state index in [4.69, 9.17) is 0 Å². The van der Waals surface area contributed by atoms with Crippen molar-refractivity contribution in [2.45, 2.75) is 18.9 Å². The topological polar surface area (TPSA) is 63.9 Å². The maximum absolute atomic E-state index is 13.0. The molecular formula is C18H17N5O. The summed E-state index contributed by atoms with van der Waals surface area (Å²) >= 11 is 0. The van der Waals surface area contributed by atoms with Gasteiger partial charge in [0, 0.05) is 30.2 Å². The van der Waals surface area contributed by atoms with Crippen LogP contribution in [-0.2, 0) is 0 Å². The summed E-state index contributed by atoms with van der Waals surface area (Å²) < 4.78 is 1.79. The summed E-state index contributed by atoms with van der Waals surface area (Å²) in [5.41, 5.74) is 2.65.